The molecule has 170 valence electrons. The molecule has 3 aromatic heterocycles. The summed E-state index contributed by atoms with van der Waals surface area (Å²) in [6, 6.07) is 5.47. The quantitative estimate of drug-likeness (QED) is 0.403. The SMILES string of the molecule is Nc1cnccn1.O=c1[nH]c(CSC2CCOCC2)nc2cc(Nc3cnccn3)ccc12. The normalized spacial score (nSPS) is 13.8. The summed E-state index contributed by atoms with van der Waals surface area (Å²) in [5, 5.41) is 4.32. The summed E-state index contributed by atoms with van der Waals surface area (Å²) in [5.41, 5.74) is 6.57. The molecule has 5 rings (SSSR count). The molecule has 1 fully saturated rings. The van der Waals surface area contributed by atoms with Crippen LogP contribution in [0.2, 0.25) is 0 Å². The highest BCUT2D eigenvalue weighted by molar-refractivity contribution is 7.99. The Morgan fingerprint density at radius 2 is 1.88 bits per heavy atom. The zero-order valence-electron chi connectivity index (χ0n) is 17.8. The molecule has 1 aromatic carbocycles. The molecule has 0 spiro atoms. The monoisotopic (exact) mass is 464 g/mol. The summed E-state index contributed by atoms with van der Waals surface area (Å²) in [4.78, 5) is 35.5. The summed E-state index contributed by atoms with van der Waals surface area (Å²) < 4.78 is 5.39. The van der Waals surface area contributed by atoms with Gasteiger partial charge in [-0.25, -0.2) is 15.0 Å². The third-order valence-corrected chi connectivity index (χ3v) is 6.18. The van der Waals surface area contributed by atoms with Crippen LogP contribution in [0.5, 0.6) is 0 Å². The molecular formula is C22H24N8O2S. The lowest BCUT2D eigenvalue weighted by atomic mass is 10.2. The Labute approximate surface area is 194 Å². The molecule has 4 aromatic rings. The molecule has 0 atom stereocenters. The summed E-state index contributed by atoms with van der Waals surface area (Å²) >= 11 is 1.83. The minimum atomic E-state index is -0.108. The number of aromatic nitrogens is 6. The third kappa shape index (κ3) is 6.70. The molecule has 1 saturated heterocycles. The van der Waals surface area contributed by atoms with E-state index in [1.807, 2.05) is 23.9 Å². The molecule has 0 aliphatic carbocycles. The maximum atomic E-state index is 12.4. The van der Waals surface area contributed by atoms with Crippen molar-refractivity contribution in [3.63, 3.8) is 0 Å². The number of ether oxygens (including phenoxy) is 1. The first-order valence-electron chi connectivity index (χ1n) is 10.4. The van der Waals surface area contributed by atoms with Gasteiger partial charge in [-0.3, -0.25) is 14.8 Å². The van der Waals surface area contributed by atoms with Crippen molar-refractivity contribution in [3.8, 4) is 0 Å². The van der Waals surface area contributed by atoms with Crippen molar-refractivity contribution < 1.29 is 4.74 Å². The standard InChI is InChI=1S/C18H19N5O2S.C4H5N3/c24-18-14-2-1-12(21-16-10-19-5-6-20-16)9-15(14)22-17(23-18)11-26-13-3-7-25-8-4-13;5-4-3-6-1-2-7-4/h1-2,5-6,9-10,13H,3-4,7-8,11H2,(H,20,21)(H,22,23,24);1-3H,(H2,5,7). The third-order valence-electron chi connectivity index (χ3n) is 4.80. The maximum Gasteiger partial charge on any atom is 0.258 e. The van der Waals surface area contributed by atoms with Crippen LogP contribution in [0.1, 0.15) is 18.7 Å². The fourth-order valence-corrected chi connectivity index (χ4v) is 4.25. The van der Waals surface area contributed by atoms with E-state index in [2.05, 4.69) is 35.2 Å². The number of benzene rings is 1. The highest BCUT2D eigenvalue weighted by Gasteiger charge is 2.15. The van der Waals surface area contributed by atoms with Gasteiger partial charge in [0.1, 0.15) is 17.5 Å². The van der Waals surface area contributed by atoms with Crippen LogP contribution in [0.3, 0.4) is 0 Å². The van der Waals surface area contributed by atoms with E-state index in [-0.39, 0.29) is 5.56 Å². The van der Waals surface area contributed by atoms with E-state index in [4.69, 9.17) is 10.5 Å². The van der Waals surface area contributed by atoms with Crippen molar-refractivity contribution >= 4 is 40.0 Å². The van der Waals surface area contributed by atoms with Crippen molar-refractivity contribution in [2.45, 2.75) is 23.8 Å². The average Bonchev–Trinajstić information content (AvgIpc) is 2.85. The fraction of sp³-hybridized carbons (Fsp3) is 0.273. The fourth-order valence-electron chi connectivity index (χ4n) is 3.20. The summed E-state index contributed by atoms with van der Waals surface area (Å²) in [6.45, 7) is 1.63. The predicted molar refractivity (Wildman–Crippen MR) is 129 cm³/mol. The molecule has 4 heterocycles. The Balaban J connectivity index is 0.000000318. The van der Waals surface area contributed by atoms with E-state index in [0.717, 1.165) is 31.7 Å². The van der Waals surface area contributed by atoms with Crippen molar-refractivity contribution in [1.82, 2.24) is 29.9 Å². The number of nitrogen functional groups attached to an aromatic ring is 1. The number of hydrogen-bond donors (Lipinski definition) is 3. The number of hydrogen-bond acceptors (Lipinski definition) is 10. The van der Waals surface area contributed by atoms with Gasteiger partial charge in [0.15, 0.2) is 0 Å². The van der Waals surface area contributed by atoms with Crippen LogP contribution in [0.15, 0.2) is 60.2 Å². The second-order valence-electron chi connectivity index (χ2n) is 7.21. The molecule has 0 radical (unpaired) electrons. The first-order valence-corrected chi connectivity index (χ1v) is 11.5. The smallest absolute Gasteiger partial charge is 0.258 e. The van der Waals surface area contributed by atoms with Crippen molar-refractivity contribution in [2.75, 3.05) is 24.3 Å². The second kappa shape index (κ2) is 11.3. The van der Waals surface area contributed by atoms with E-state index >= 15 is 0 Å². The molecule has 0 bridgehead atoms. The summed E-state index contributed by atoms with van der Waals surface area (Å²) in [7, 11) is 0. The Bertz CT molecular complexity index is 1220. The summed E-state index contributed by atoms with van der Waals surface area (Å²) in [6.07, 6.45) is 11.6. The number of thioether (sulfide) groups is 1. The number of rotatable bonds is 5. The Kier molecular flexibility index (Phi) is 7.77. The highest BCUT2D eigenvalue weighted by Crippen LogP contribution is 2.25. The van der Waals surface area contributed by atoms with Crippen LogP contribution < -0.4 is 16.6 Å². The van der Waals surface area contributed by atoms with Gasteiger partial charge in [0, 0.05) is 48.9 Å². The number of nitrogens with one attached hydrogen (secondary N) is 2. The highest BCUT2D eigenvalue weighted by atomic mass is 32.2. The van der Waals surface area contributed by atoms with Crippen molar-refractivity contribution in [2.24, 2.45) is 0 Å². The number of anilines is 3. The van der Waals surface area contributed by atoms with Crippen LogP contribution in [0.25, 0.3) is 10.9 Å². The van der Waals surface area contributed by atoms with E-state index in [1.165, 1.54) is 6.20 Å². The van der Waals surface area contributed by atoms with Gasteiger partial charge in [-0.05, 0) is 31.0 Å². The van der Waals surface area contributed by atoms with Gasteiger partial charge in [0.05, 0.1) is 29.0 Å². The van der Waals surface area contributed by atoms with Gasteiger partial charge in [-0.1, -0.05) is 0 Å². The van der Waals surface area contributed by atoms with Gasteiger partial charge in [-0.2, -0.15) is 11.8 Å². The van der Waals surface area contributed by atoms with Crippen molar-refractivity contribution in [3.05, 3.63) is 71.6 Å². The van der Waals surface area contributed by atoms with Crippen LogP contribution in [0.4, 0.5) is 17.3 Å². The lowest BCUT2D eigenvalue weighted by Crippen LogP contribution is -2.18. The Morgan fingerprint density at radius 3 is 2.55 bits per heavy atom. The van der Waals surface area contributed by atoms with E-state index in [9.17, 15) is 4.79 Å². The number of nitrogens with zero attached hydrogens (tertiary/aromatic N) is 5. The number of nitrogens with two attached hydrogens (primary N) is 1. The topological polar surface area (TPSA) is 145 Å². The van der Waals surface area contributed by atoms with Gasteiger partial charge >= 0.3 is 0 Å². The number of aromatic amines is 1. The van der Waals surface area contributed by atoms with Gasteiger partial charge in [-0.15, -0.1) is 0 Å². The number of H-pyrrole nitrogens is 1. The van der Waals surface area contributed by atoms with Crippen LogP contribution in [-0.4, -0.2) is 48.4 Å². The Hall–Kier alpha value is -3.57. The van der Waals surface area contributed by atoms with Crippen LogP contribution in [-0.2, 0) is 10.5 Å². The zero-order chi connectivity index (χ0) is 22.9. The zero-order valence-corrected chi connectivity index (χ0v) is 18.7. The van der Waals surface area contributed by atoms with E-state index < -0.39 is 0 Å². The van der Waals surface area contributed by atoms with Gasteiger partial charge in [0.2, 0.25) is 0 Å². The molecule has 0 unspecified atom stereocenters. The molecule has 1 aliphatic rings. The summed E-state index contributed by atoms with van der Waals surface area (Å²) in [5.74, 6) is 2.50. The predicted octanol–water partition coefficient (Wildman–Crippen LogP) is 2.93. The molecular weight excluding hydrogens is 440 g/mol. The molecule has 1 aliphatic heterocycles. The average molecular weight is 465 g/mol. The maximum absolute atomic E-state index is 12.4. The van der Waals surface area contributed by atoms with Crippen LogP contribution in [0, 0.1) is 0 Å². The Morgan fingerprint density at radius 1 is 1.09 bits per heavy atom. The van der Waals surface area contributed by atoms with Gasteiger partial charge in [0.25, 0.3) is 5.56 Å². The number of fused-ring (bicyclic) bond motifs is 1. The molecule has 4 N–H and O–H groups in total. The van der Waals surface area contributed by atoms with Crippen LogP contribution >= 0.6 is 11.8 Å². The van der Waals surface area contributed by atoms with Gasteiger partial charge < -0.3 is 20.8 Å². The molecule has 33 heavy (non-hydrogen) atoms. The van der Waals surface area contributed by atoms with Crippen molar-refractivity contribution in [1.29, 1.82) is 0 Å². The lowest BCUT2D eigenvalue weighted by molar-refractivity contribution is 0.1000. The van der Waals surface area contributed by atoms with E-state index in [1.54, 1.807) is 37.1 Å². The minimum Gasteiger partial charge on any atom is -0.382 e. The molecule has 0 saturated carbocycles. The first-order chi connectivity index (χ1) is 16.2. The van der Waals surface area contributed by atoms with E-state index in [0.29, 0.717) is 39.4 Å². The molecule has 0 amide bonds. The molecule has 11 heteroatoms. The first kappa shape index (κ1) is 22.6. The second-order valence-corrected chi connectivity index (χ2v) is 8.50. The largest absolute Gasteiger partial charge is 0.382 e. The minimum absolute atomic E-state index is 0.108. The lowest BCUT2D eigenvalue weighted by Gasteiger charge is -2.21. The molecule has 10 nitrogen and oxygen atoms in total.